The molecule has 2 atom stereocenters. The number of hydrogen-bond acceptors (Lipinski definition) is 3. The van der Waals surface area contributed by atoms with E-state index in [1.54, 1.807) is 7.11 Å². The fourth-order valence-corrected chi connectivity index (χ4v) is 3.96. The van der Waals surface area contributed by atoms with Crippen LogP contribution in [0.1, 0.15) is 52.4 Å². The molecule has 0 aromatic heterocycles. The van der Waals surface area contributed by atoms with E-state index in [2.05, 4.69) is 5.32 Å². The third-order valence-corrected chi connectivity index (χ3v) is 5.70. The molecule has 0 aromatic rings. The standard InChI is InChI=1S/C16H26N2O3/c1-11(21-3)10-18-14(20)16(8-4-5-9-16)17-13(19)15(18,2)12-6-7-12/h11-12H,4-10H2,1-3H3,(H,17,19). The van der Waals surface area contributed by atoms with Crippen LogP contribution in [0, 0.1) is 5.92 Å². The van der Waals surface area contributed by atoms with Gasteiger partial charge in [0.1, 0.15) is 11.1 Å². The van der Waals surface area contributed by atoms with Crippen LogP contribution in [0.2, 0.25) is 0 Å². The molecule has 1 spiro atoms. The highest BCUT2D eigenvalue weighted by molar-refractivity contribution is 6.02. The minimum Gasteiger partial charge on any atom is -0.380 e. The zero-order valence-electron chi connectivity index (χ0n) is 13.3. The number of carbonyl (C=O) groups excluding carboxylic acids is 2. The fourth-order valence-electron chi connectivity index (χ4n) is 3.96. The first-order chi connectivity index (χ1) is 9.94. The van der Waals surface area contributed by atoms with Crippen molar-refractivity contribution in [1.29, 1.82) is 0 Å². The van der Waals surface area contributed by atoms with Gasteiger partial charge >= 0.3 is 0 Å². The Kier molecular flexibility index (Phi) is 3.51. The van der Waals surface area contributed by atoms with Gasteiger partial charge in [-0.15, -0.1) is 0 Å². The third kappa shape index (κ3) is 2.17. The summed E-state index contributed by atoms with van der Waals surface area (Å²) < 4.78 is 5.36. The van der Waals surface area contributed by atoms with E-state index in [4.69, 9.17) is 4.74 Å². The maximum Gasteiger partial charge on any atom is 0.249 e. The van der Waals surface area contributed by atoms with E-state index < -0.39 is 11.1 Å². The normalized spacial score (nSPS) is 33.4. The number of piperazine rings is 1. The zero-order valence-corrected chi connectivity index (χ0v) is 13.3. The van der Waals surface area contributed by atoms with Gasteiger partial charge in [0.2, 0.25) is 11.8 Å². The average molecular weight is 294 g/mol. The first-order valence-corrected chi connectivity index (χ1v) is 8.11. The Morgan fingerprint density at radius 3 is 2.48 bits per heavy atom. The summed E-state index contributed by atoms with van der Waals surface area (Å²) in [5.74, 6) is 0.442. The second-order valence-electron chi connectivity index (χ2n) is 7.13. The van der Waals surface area contributed by atoms with Gasteiger partial charge in [-0.2, -0.15) is 0 Å². The Balaban J connectivity index is 1.94. The number of carbonyl (C=O) groups is 2. The smallest absolute Gasteiger partial charge is 0.249 e. The van der Waals surface area contributed by atoms with Crippen molar-refractivity contribution in [3.05, 3.63) is 0 Å². The lowest BCUT2D eigenvalue weighted by Crippen LogP contribution is -2.75. The molecular weight excluding hydrogens is 268 g/mol. The van der Waals surface area contributed by atoms with E-state index in [1.165, 1.54) is 0 Å². The second kappa shape index (κ2) is 4.97. The minimum absolute atomic E-state index is 0.0369. The highest BCUT2D eigenvalue weighted by Gasteiger charge is 2.61. The molecule has 3 aliphatic rings. The summed E-state index contributed by atoms with van der Waals surface area (Å²) in [7, 11) is 1.65. The maximum absolute atomic E-state index is 13.2. The Labute approximate surface area is 126 Å². The van der Waals surface area contributed by atoms with Crippen molar-refractivity contribution in [2.75, 3.05) is 13.7 Å². The van der Waals surface area contributed by atoms with E-state index in [1.807, 2.05) is 18.7 Å². The first-order valence-electron chi connectivity index (χ1n) is 8.11. The Hall–Kier alpha value is -1.10. The summed E-state index contributed by atoms with van der Waals surface area (Å²) in [6.07, 6.45) is 5.58. The lowest BCUT2D eigenvalue weighted by atomic mass is 9.82. The van der Waals surface area contributed by atoms with E-state index in [9.17, 15) is 9.59 Å². The summed E-state index contributed by atoms with van der Waals surface area (Å²) in [5.41, 5.74) is -1.34. The highest BCUT2D eigenvalue weighted by Crippen LogP contribution is 2.47. The minimum atomic E-state index is -0.697. The Bertz CT molecular complexity index is 454. The molecule has 1 aliphatic heterocycles. The number of nitrogens with zero attached hydrogens (tertiary/aromatic N) is 1. The number of methoxy groups -OCH3 is 1. The van der Waals surface area contributed by atoms with Gasteiger partial charge in [-0.3, -0.25) is 9.59 Å². The van der Waals surface area contributed by atoms with Gasteiger partial charge in [0.15, 0.2) is 0 Å². The SMILES string of the molecule is COC(C)CN1C(=O)C2(CCCC2)NC(=O)C1(C)C1CC1. The topological polar surface area (TPSA) is 58.6 Å². The van der Waals surface area contributed by atoms with Gasteiger partial charge in [-0.05, 0) is 45.4 Å². The number of amides is 2. The quantitative estimate of drug-likeness (QED) is 0.854. The van der Waals surface area contributed by atoms with E-state index in [0.29, 0.717) is 12.5 Å². The summed E-state index contributed by atoms with van der Waals surface area (Å²) in [4.78, 5) is 27.8. The van der Waals surface area contributed by atoms with Gasteiger partial charge in [0, 0.05) is 13.7 Å². The third-order valence-electron chi connectivity index (χ3n) is 5.70. The molecule has 1 saturated heterocycles. The number of nitrogens with one attached hydrogen (secondary N) is 1. The predicted octanol–water partition coefficient (Wildman–Crippen LogP) is 1.46. The molecule has 0 radical (unpaired) electrons. The van der Waals surface area contributed by atoms with Crippen molar-refractivity contribution < 1.29 is 14.3 Å². The highest BCUT2D eigenvalue weighted by atomic mass is 16.5. The van der Waals surface area contributed by atoms with Gasteiger partial charge in [0.05, 0.1) is 6.10 Å². The van der Waals surface area contributed by atoms with Crippen LogP contribution in [0.25, 0.3) is 0 Å². The molecule has 3 fully saturated rings. The molecule has 21 heavy (non-hydrogen) atoms. The summed E-state index contributed by atoms with van der Waals surface area (Å²) >= 11 is 0. The van der Waals surface area contributed by atoms with Gasteiger partial charge < -0.3 is 15.0 Å². The van der Waals surface area contributed by atoms with E-state index in [0.717, 1.165) is 38.5 Å². The van der Waals surface area contributed by atoms with Crippen LogP contribution in [0.15, 0.2) is 0 Å². The predicted molar refractivity (Wildman–Crippen MR) is 78.7 cm³/mol. The molecule has 5 nitrogen and oxygen atoms in total. The van der Waals surface area contributed by atoms with Crippen LogP contribution in [0.4, 0.5) is 0 Å². The van der Waals surface area contributed by atoms with E-state index >= 15 is 0 Å². The number of rotatable bonds is 4. The van der Waals surface area contributed by atoms with Crippen molar-refractivity contribution in [3.63, 3.8) is 0 Å². The van der Waals surface area contributed by atoms with Crippen molar-refractivity contribution in [3.8, 4) is 0 Å². The molecule has 2 amide bonds. The molecular formula is C16H26N2O3. The molecule has 118 valence electrons. The summed E-state index contributed by atoms with van der Waals surface area (Å²) in [5, 5.41) is 3.10. The lowest BCUT2D eigenvalue weighted by Gasteiger charge is -2.51. The largest absolute Gasteiger partial charge is 0.380 e. The monoisotopic (exact) mass is 294 g/mol. The average Bonchev–Trinajstić information content (AvgIpc) is 3.22. The Morgan fingerprint density at radius 1 is 1.33 bits per heavy atom. The molecule has 2 saturated carbocycles. The van der Waals surface area contributed by atoms with Crippen molar-refractivity contribution in [2.45, 2.75) is 69.6 Å². The summed E-state index contributed by atoms with van der Waals surface area (Å²) in [6.45, 7) is 4.38. The summed E-state index contributed by atoms with van der Waals surface area (Å²) in [6, 6.07) is 0. The van der Waals surface area contributed by atoms with Gasteiger partial charge in [0.25, 0.3) is 0 Å². The van der Waals surface area contributed by atoms with E-state index in [-0.39, 0.29) is 17.9 Å². The molecule has 2 aliphatic carbocycles. The number of ether oxygens (including phenoxy) is 1. The first kappa shape index (κ1) is 14.8. The second-order valence-corrected chi connectivity index (χ2v) is 7.13. The fraction of sp³-hybridized carbons (Fsp3) is 0.875. The molecule has 5 heteroatoms. The van der Waals surface area contributed by atoms with Crippen molar-refractivity contribution in [2.24, 2.45) is 5.92 Å². The van der Waals surface area contributed by atoms with Crippen LogP contribution in [-0.2, 0) is 14.3 Å². The molecule has 1 heterocycles. The Morgan fingerprint density at radius 2 is 1.95 bits per heavy atom. The van der Waals surface area contributed by atoms with Crippen LogP contribution < -0.4 is 5.32 Å². The maximum atomic E-state index is 13.2. The molecule has 3 rings (SSSR count). The molecule has 0 aromatic carbocycles. The van der Waals surface area contributed by atoms with Crippen LogP contribution in [-0.4, -0.2) is 47.6 Å². The van der Waals surface area contributed by atoms with Gasteiger partial charge in [-0.1, -0.05) is 12.8 Å². The van der Waals surface area contributed by atoms with Crippen molar-refractivity contribution in [1.82, 2.24) is 10.2 Å². The lowest BCUT2D eigenvalue weighted by molar-refractivity contribution is -0.165. The zero-order chi connectivity index (χ0) is 15.3. The molecule has 1 N–H and O–H groups in total. The van der Waals surface area contributed by atoms with Crippen molar-refractivity contribution >= 4 is 11.8 Å². The van der Waals surface area contributed by atoms with Crippen LogP contribution in [0.5, 0.6) is 0 Å². The molecule has 2 unspecified atom stereocenters. The number of hydrogen-bond donors (Lipinski definition) is 1. The molecule has 0 bridgehead atoms. The van der Waals surface area contributed by atoms with Gasteiger partial charge in [-0.25, -0.2) is 0 Å². The van der Waals surface area contributed by atoms with Crippen LogP contribution >= 0.6 is 0 Å². The van der Waals surface area contributed by atoms with Crippen LogP contribution in [0.3, 0.4) is 0 Å².